The molecule has 1 unspecified atom stereocenters. The van der Waals surface area contributed by atoms with E-state index in [0.717, 1.165) is 26.5 Å². The van der Waals surface area contributed by atoms with Gasteiger partial charge in [0, 0.05) is 15.8 Å². The molecule has 0 radical (unpaired) electrons. The van der Waals surface area contributed by atoms with Crippen LogP contribution in [0.5, 0.6) is 0 Å². The second kappa shape index (κ2) is 7.17. The Hall–Kier alpha value is -1.86. The van der Waals surface area contributed by atoms with Crippen LogP contribution in [-0.2, 0) is 10.0 Å². The average molecular weight is 394 g/mol. The fourth-order valence-corrected chi connectivity index (χ4v) is 3.74. The molecule has 25 heavy (non-hydrogen) atoms. The van der Waals surface area contributed by atoms with E-state index >= 15 is 0 Å². The zero-order valence-electron chi connectivity index (χ0n) is 12.8. The predicted octanol–water partition coefficient (Wildman–Crippen LogP) is 4.61. The van der Waals surface area contributed by atoms with Crippen LogP contribution >= 0.6 is 23.8 Å². The van der Waals surface area contributed by atoms with Crippen LogP contribution < -0.4 is 4.94 Å². The summed E-state index contributed by atoms with van der Waals surface area (Å²) in [4.78, 5) is 1.40. The molecular weight excluding hydrogens is 381 g/mol. The summed E-state index contributed by atoms with van der Waals surface area (Å²) in [5, 5.41) is 0.654. The van der Waals surface area contributed by atoms with Crippen molar-refractivity contribution in [3.05, 3.63) is 82.9 Å². The lowest BCUT2D eigenvalue weighted by atomic mass is 9.88. The molecule has 2 aromatic rings. The highest BCUT2D eigenvalue weighted by molar-refractivity contribution is 7.89. The number of allylic oxidation sites excluding steroid dienone is 4. The molecule has 1 aliphatic carbocycles. The summed E-state index contributed by atoms with van der Waals surface area (Å²) in [5.41, 5.74) is 2.67. The number of nitrogens with one attached hydrogen (secondary N) is 1. The van der Waals surface area contributed by atoms with Gasteiger partial charge in [-0.05, 0) is 52.0 Å². The summed E-state index contributed by atoms with van der Waals surface area (Å²) in [6.07, 6.45) is 5.78. The lowest BCUT2D eigenvalue weighted by Crippen LogP contribution is -2.14. The quantitative estimate of drug-likeness (QED) is 0.609. The van der Waals surface area contributed by atoms with E-state index < -0.39 is 10.0 Å². The molecule has 0 aliphatic heterocycles. The molecule has 1 atom stereocenters. The van der Waals surface area contributed by atoms with Crippen molar-refractivity contribution >= 4 is 44.3 Å². The third-order valence-electron chi connectivity index (χ3n) is 3.88. The lowest BCUT2D eigenvalue weighted by Gasteiger charge is -2.18. The van der Waals surface area contributed by atoms with Gasteiger partial charge in [-0.1, -0.05) is 60.2 Å². The zero-order chi connectivity index (χ0) is 18.0. The number of hydrogen-bond acceptors (Lipinski definition) is 3. The minimum absolute atomic E-state index is 0.0344. The first-order valence-corrected chi connectivity index (χ1v) is 9.60. The van der Waals surface area contributed by atoms with Crippen LogP contribution in [-0.4, -0.2) is 13.3 Å². The lowest BCUT2D eigenvalue weighted by molar-refractivity contribution is 0.425. The summed E-state index contributed by atoms with van der Waals surface area (Å²) < 4.78 is 35.2. The van der Waals surface area contributed by atoms with Gasteiger partial charge in [0.05, 0.1) is 4.90 Å². The van der Waals surface area contributed by atoms with Gasteiger partial charge in [-0.3, -0.25) is 0 Å². The normalized spacial score (nSPS) is 17.4. The molecule has 0 aromatic heterocycles. The van der Waals surface area contributed by atoms with Gasteiger partial charge >= 0.3 is 0 Å². The monoisotopic (exact) mass is 393 g/mol. The van der Waals surface area contributed by atoms with E-state index in [9.17, 15) is 12.9 Å². The van der Waals surface area contributed by atoms with Crippen molar-refractivity contribution in [2.45, 2.75) is 10.8 Å². The highest BCUT2D eigenvalue weighted by Crippen LogP contribution is 2.30. The third kappa shape index (κ3) is 3.88. The first-order valence-electron chi connectivity index (χ1n) is 7.33. The predicted molar refractivity (Wildman–Crippen MR) is 102 cm³/mol. The Balaban J connectivity index is 1.85. The maximum atomic E-state index is 12.3. The Kier molecular flexibility index (Phi) is 5.15. The van der Waals surface area contributed by atoms with E-state index in [1.54, 1.807) is 12.1 Å². The van der Waals surface area contributed by atoms with Gasteiger partial charge in [-0.25, -0.2) is 8.42 Å². The molecule has 2 aromatic carbocycles. The summed E-state index contributed by atoms with van der Waals surface area (Å²) >= 11 is 11.5. The van der Waals surface area contributed by atoms with Gasteiger partial charge in [0.2, 0.25) is 0 Å². The Morgan fingerprint density at radius 2 is 1.84 bits per heavy atom. The number of rotatable bonds is 4. The number of hydrogen-bond donors (Lipinski definition) is 1. The molecule has 0 heterocycles. The van der Waals surface area contributed by atoms with E-state index in [1.165, 1.54) is 12.1 Å². The van der Waals surface area contributed by atoms with E-state index in [-0.39, 0.29) is 10.8 Å². The summed E-state index contributed by atoms with van der Waals surface area (Å²) in [7, 11) is -4.10. The van der Waals surface area contributed by atoms with Crippen LogP contribution in [0.15, 0.2) is 71.7 Å². The van der Waals surface area contributed by atoms with E-state index in [1.807, 2.05) is 42.5 Å². The molecule has 0 bridgehead atoms. The minimum Gasteiger partial charge on any atom is -0.205 e. The Morgan fingerprint density at radius 1 is 1.12 bits per heavy atom. The third-order valence-corrected chi connectivity index (χ3v) is 5.58. The van der Waals surface area contributed by atoms with Gasteiger partial charge in [-0.15, -0.1) is 4.48 Å². The molecule has 0 amide bonds. The molecule has 0 spiro atoms. The van der Waals surface area contributed by atoms with Gasteiger partial charge in [0.15, 0.2) is 0 Å². The highest BCUT2D eigenvalue weighted by Gasteiger charge is 2.18. The van der Waals surface area contributed by atoms with Gasteiger partial charge < -0.3 is 0 Å². The number of halogens is 2. The first kappa shape index (κ1) is 17.9. The van der Waals surface area contributed by atoms with Gasteiger partial charge in [0.1, 0.15) is 0 Å². The van der Waals surface area contributed by atoms with Crippen LogP contribution in [0.25, 0.3) is 5.57 Å². The maximum absolute atomic E-state index is 12.3. The molecule has 0 saturated heterocycles. The Bertz CT molecular complexity index is 982. The molecule has 3 nitrogen and oxygen atoms in total. The van der Waals surface area contributed by atoms with Crippen LogP contribution in [0, 0.1) is 0 Å². The molecule has 1 aliphatic rings. The highest BCUT2D eigenvalue weighted by atomic mass is 35.5. The molecular formula is C18H13ClFNO2S2. The SMILES string of the molecule is O=S(=O)(NF)c1ccc(C2=CC(=S)C(c3cccc(Cl)c3)C=C2)cc1. The molecule has 1 N–H and O–H groups in total. The Morgan fingerprint density at radius 3 is 2.44 bits per heavy atom. The van der Waals surface area contributed by atoms with Crippen molar-refractivity contribution < 1.29 is 12.9 Å². The summed E-state index contributed by atoms with van der Waals surface area (Å²) in [6.45, 7) is 0. The molecule has 0 saturated carbocycles. The standard InChI is InChI=1S/C18H13ClFNO2S2/c19-15-3-1-2-14(10-15)17-9-6-13(11-18(17)24)12-4-7-16(8-5-12)25(22,23)21-20/h1-11,17,21H. The van der Waals surface area contributed by atoms with Crippen LogP contribution in [0.4, 0.5) is 4.48 Å². The number of thiocarbonyl (C=S) groups is 1. The maximum Gasteiger partial charge on any atom is 0.266 e. The van der Waals surface area contributed by atoms with E-state index in [0.29, 0.717) is 5.02 Å². The Labute approximate surface area is 155 Å². The van der Waals surface area contributed by atoms with Gasteiger partial charge in [0.25, 0.3) is 10.0 Å². The smallest absolute Gasteiger partial charge is 0.205 e. The number of benzene rings is 2. The van der Waals surface area contributed by atoms with Crippen molar-refractivity contribution in [1.82, 2.24) is 4.94 Å². The largest absolute Gasteiger partial charge is 0.266 e. The van der Waals surface area contributed by atoms with Crippen molar-refractivity contribution in [1.29, 1.82) is 0 Å². The average Bonchev–Trinajstić information content (AvgIpc) is 2.61. The molecule has 3 rings (SSSR count). The van der Waals surface area contributed by atoms with Crippen molar-refractivity contribution in [3.63, 3.8) is 0 Å². The molecule has 7 heteroatoms. The van der Waals surface area contributed by atoms with Crippen LogP contribution in [0.2, 0.25) is 5.02 Å². The van der Waals surface area contributed by atoms with Crippen LogP contribution in [0.3, 0.4) is 0 Å². The summed E-state index contributed by atoms with van der Waals surface area (Å²) in [6, 6.07) is 13.5. The topological polar surface area (TPSA) is 46.2 Å². The van der Waals surface area contributed by atoms with Crippen LogP contribution in [0.1, 0.15) is 17.0 Å². The first-order chi connectivity index (χ1) is 11.9. The minimum atomic E-state index is -4.10. The van der Waals surface area contributed by atoms with E-state index in [4.69, 9.17) is 23.8 Å². The van der Waals surface area contributed by atoms with E-state index in [2.05, 4.69) is 0 Å². The molecule has 128 valence electrons. The zero-order valence-corrected chi connectivity index (χ0v) is 15.2. The van der Waals surface area contributed by atoms with Crippen molar-refractivity contribution in [3.8, 4) is 0 Å². The second-order valence-corrected chi connectivity index (χ2v) is 8.04. The van der Waals surface area contributed by atoms with Gasteiger partial charge in [-0.2, -0.15) is 0 Å². The van der Waals surface area contributed by atoms with Crippen molar-refractivity contribution in [2.75, 3.05) is 0 Å². The molecule has 0 fully saturated rings. The number of sulfonamides is 1. The second-order valence-electron chi connectivity index (χ2n) is 5.50. The fourth-order valence-electron chi connectivity index (χ4n) is 2.61. The summed E-state index contributed by atoms with van der Waals surface area (Å²) in [5.74, 6) is -0.0344. The fraction of sp³-hybridized carbons (Fsp3) is 0.0556. The van der Waals surface area contributed by atoms with Crippen molar-refractivity contribution in [2.24, 2.45) is 0 Å².